The average molecular weight is 213 g/mol. The van der Waals surface area contributed by atoms with Gasteiger partial charge in [0.2, 0.25) is 5.24 Å². The molecule has 1 aromatic carbocycles. The van der Waals surface area contributed by atoms with Gasteiger partial charge in [-0.05, 0) is 42.6 Å². The van der Waals surface area contributed by atoms with Gasteiger partial charge in [0, 0.05) is 6.42 Å². The standard InChI is InChI=1S/C11H13ClO2/c1-9-4-2-5-10(8-9)14-7-3-6-11(12)13/h2,4-5,8H,3,6-7H2,1H3. The van der Waals surface area contributed by atoms with E-state index in [9.17, 15) is 4.79 Å². The van der Waals surface area contributed by atoms with Crippen LogP contribution in [0.15, 0.2) is 24.3 Å². The minimum atomic E-state index is -0.308. The highest BCUT2D eigenvalue weighted by molar-refractivity contribution is 6.63. The van der Waals surface area contributed by atoms with Crippen molar-refractivity contribution in [1.82, 2.24) is 0 Å². The monoisotopic (exact) mass is 212 g/mol. The van der Waals surface area contributed by atoms with Crippen molar-refractivity contribution in [2.75, 3.05) is 6.61 Å². The maximum Gasteiger partial charge on any atom is 0.221 e. The maximum atomic E-state index is 10.4. The van der Waals surface area contributed by atoms with Crippen LogP contribution in [0.3, 0.4) is 0 Å². The predicted octanol–water partition coefficient (Wildman–Crippen LogP) is 2.92. The lowest BCUT2D eigenvalue weighted by Crippen LogP contribution is -1.99. The molecule has 0 saturated heterocycles. The summed E-state index contributed by atoms with van der Waals surface area (Å²) in [6, 6.07) is 7.81. The lowest BCUT2D eigenvalue weighted by atomic mass is 10.2. The Labute approximate surface area is 88.8 Å². The second-order valence-corrected chi connectivity index (χ2v) is 3.55. The molecule has 1 aromatic rings. The highest BCUT2D eigenvalue weighted by atomic mass is 35.5. The largest absolute Gasteiger partial charge is 0.494 e. The number of hydrogen-bond donors (Lipinski definition) is 0. The first-order valence-electron chi connectivity index (χ1n) is 4.56. The van der Waals surface area contributed by atoms with Crippen LogP contribution >= 0.6 is 11.6 Å². The van der Waals surface area contributed by atoms with E-state index in [2.05, 4.69) is 0 Å². The van der Waals surface area contributed by atoms with Crippen LogP contribution in [-0.4, -0.2) is 11.8 Å². The van der Waals surface area contributed by atoms with Gasteiger partial charge in [-0.15, -0.1) is 0 Å². The van der Waals surface area contributed by atoms with Crippen LogP contribution in [0.5, 0.6) is 5.75 Å². The van der Waals surface area contributed by atoms with Crippen LogP contribution < -0.4 is 4.74 Å². The third-order valence-corrected chi connectivity index (χ3v) is 1.96. The van der Waals surface area contributed by atoms with Gasteiger partial charge in [0.1, 0.15) is 5.75 Å². The molecule has 0 aliphatic carbocycles. The molecule has 0 spiro atoms. The fourth-order valence-corrected chi connectivity index (χ4v) is 1.24. The number of aryl methyl sites for hydroxylation is 1. The molecular weight excluding hydrogens is 200 g/mol. The molecule has 0 aliphatic heterocycles. The van der Waals surface area contributed by atoms with E-state index in [-0.39, 0.29) is 5.24 Å². The predicted molar refractivity (Wildman–Crippen MR) is 56.8 cm³/mol. The van der Waals surface area contributed by atoms with Gasteiger partial charge < -0.3 is 4.74 Å². The van der Waals surface area contributed by atoms with Gasteiger partial charge in [0.25, 0.3) is 0 Å². The summed E-state index contributed by atoms with van der Waals surface area (Å²) in [4.78, 5) is 10.4. The minimum absolute atomic E-state index is 0.308. The lowest BCUT2D eigenvalue weighted by Gasteiger charge is -2.05. The molecule has 3 heteroatoms. The van der Waals surface area contributed by atoms with Crippen molar-refractivity contribution in [3.63, 3.8) is 0 Å². The van der Waals surface area contributed by atoms with Crippen molar-refractivity contribution in [3.05, 3.63) is 29.8 Å². The van der Waals surface area contributed by atoms with Crippen molar-refractivity contribution in [2.24, 2.45) is 0 Å². The van der Waals surface area contributed by atoms with Crippen LogP contribution in [-0.2, 0) is 4.79 Å². The van der Waals surface area contributed by atoms with Gasteiger partial charge >= 0.3 is 0 Å². The molecule has 1 rings (SSSR count). The molecule has 0 bridgehead atoms. The Hall–Kier alpha value is -1.02. The Balaban J connectivity index is 2.28. The second kappa shape index (κ2) is 5.66. The van der Waals surface area contributed by atoms with Crippen molar-refractivity contribution in [2.45, 2.75) is 19.8 Å². The molecule has 0 unspecified atom stereocenters. The first-order valence-corrected chi connectivity index (χ1v) is 4.94. The summed E-state index contributed by atoms with van der Waals surface area (Å²) < 4.78 is 5.43. The fraction of sp³-hybridized carbons (Fsp3) is 0.364. The van der Waals surface area contributed by atoms with E-state index in [1.807, 2.05) is 31.2 Å². The van der Waals surface area contributed by atoms with Gasteiger partial charge in [-0.25, -0.2) is 0 Å². The minimum Gasteiger partial charge on any atom is -0.494 e. The average Bonchev–Trinajstić information content (AvgIpc) is 2.12. The topological polar surface area (TPSA) is 26.3 Å². The lowest BCUT2D eigenvalue weighted by molar-refractivity contribution is -0.111. The molecule has 0 aliphatic rings. The quantitative estimate of drug-likeness (QED) is 0.554. The van der Waals surface area contributed by atoms with Crippen LogP contribution in [0.1, 0.15) is 18.4 Å². The SMILES string of the molecule is Cc1cccc(OCCCC(=O)Cl)c1. The number of carbonyl (C=O) groups is 1. The molecule has 0 aromatic heterocycles. The summed E-state index contributed by atoms with van der Waals surface area (Å²) in [5.41, 5.74) is 1.16. The molecule has 76 valence electrons. The van der Waals surface area contributed by atoms with Gasteiger partial charge in [-0.2, -0.15) is 0 Å². The van der Waals surface area contributed by atoms with Crippen LogP contribution in [0.4, 0.5) is 0 Å². The smallest absolute Gasteiger partial charge is 0.221 e. The van der Waals surface area contributed by atoms with E-state index < -0.39 is 0 Å². The first kappa shape index (κ1) is 11.1. The molecule has 0 heterocycles. The summed E-state index contributed by atoms with van der Waals surface area (Å²) in [6.45, 7) is 2.54. The Morgan fingerprint density at radius 2 is 2.29 bits per heavy atom. The Morgan fingerprint density at radius 1 is 1.50 bits per heavy atom. The van der Waals surface area contributed by atoms with Gasteiger partial charge in [0.15, 0.2) is 0 Å². The summed E-state index contributed by atoms with van der Waals surface area (Å²) in [7, 11) is 0. The number of rotatable bonds is 5. The third kappa shape index (κ3) is 4.28. The van der Waals surface area contributed by atoms with Crippen LogP contribution in [0, 0.1) is 6.92 Å². The molecule has 2 nitrogen and oxygen atoms in total. The summed E-state index contributed by atoms with van der Waals surface area (Å²) in [5, 5.41) is -0.308. The number of benzene rings is 1. The van der Waals surface area contributed by atoms with Gasteiger partial charge in [0.05, 0.1) is 6.61 Å². The summed E-state index contributed by atoms with van der Waals surface area (Å²) in [5.74, 6) is 0.840. The first-order chi connectivity index (χ1) is 6.68. The number of ether oxygens (including phenoxy) is 1. The van der Waals surface area contributed by atoms with Gasteiger partial charge in [-0.1, -0.05) is 12.1 Å². The molecule has 0 saturated carbocycles. The highest BCUT2D eigenvalue weighted by Crippen LogP contribution is 2.12. The van der Waals surface area contributed by atoms with E-state index in [0.717, 1.165) is 11.3 Å². The van der Waals surface area contributed by atoms with Crippen LogP contribution in [0.25, 0.3) is 0 Å². The normalized spacial score (nSPS) is 9.86. The van der Waals surface area contributed by atoms with Gasteiger partial charge in [-0.3, -0.25) is 4.79 Å². The molecule has 0 fully saturated rings. The Morgan fingerprint density at radius 3 is 2.93 bits per heavy atom. The number of hydrogen-bond acceptors (Lipinski definition) is 2. The van der Waals surface area contributed by atoms with E-state index in [0.29, 0.717) is 19.4 Å². The zero-order valence-corrected chi connectivity index (χ0v) is 8.88. The maximum absolute atomic E-state index is 10.4. The van der Waals surface area contributed by atoms with Crippen LogP contribution in [0.2, 0.25) is 0 Å². The Bertz CT molecular complexity index is 310. The second-order valence-electron chi connectivity index (χ2n) is 3.12. The molecular formula is C11H13ClO2. The number of carbonyl (C=O) groups excluding carboxylic acids is 1. The third-order valence-electron chi connectivity index (χ3n) is 1.78. The summed E-state index contributed by atoms with van der Waals surface area (Å²) >= 11 is 5.19. The molecule has 14 heavy (non-hydrogen) atoms. The Kier molecular flexibility index (Phi) is 4.47. The van der Waals surface area contributed by atoms with Crippen molar-refractivity contribution in [1.29, 1.82) is 0 Å². The van der Waals surface area contributed by atoms with E-state index >= 15 is 0 Å². The van der Waals surface area contributed by atoms with E-state index in [1.165, 1.54) is 0 Å². The highest BCUT2D eigenvalue weighted by Gasteiger charge is 1.97. The molecule has 0 atom stereocenters. The summed E-state index contributed by atoms with van der Waals surface area (Å²) in [6.07, 6.45) is 1.03. The molecule has 0 radical (unpaired) electrons. The number of halogens is 1. The fourth-order valence-electron chi connectivity index (χ4n) is 1.11. The van der Waals surface area contributed by atoms with E-state index in [1.54, 1.807) is 0 Å². The van der Waals surface area contributed by atoms with Crippen molar-refractivity contribution >= 4 is 16.8 Å². The molecule has 0 amide bonds. The van der Waals surface area contributed by atoms with Crippen molar-refractivity contribution in [3.8, 4) is 5.75 Å². The van der Waals surface area contributed by atoms with E-state index in [4.69, 9.17) is 16.3 Å². The molecule has 0 N–H and O–H groups in total. The zero-order valence-electron chi connectivity index (χ0n) is 8.13. The van der Waals surface area contributed by atoms with Crippen molar-refractivity contribution < 1.29 is 9.53 Å². The zero-order chi connectivity index (χ0) is 10.4.